The van der Waals surface area contributed by atoms with Crippen LogP contribution in [0, 0.1) is 22.7 Å². The zero-order valence-corrected chi connectivity index (χ0v) is 18.8. The highest BCUT2D eigenvalue weighted by Crippen LogP contribution is 2.52. The zero-order valence-electron chi connectivity index (χ0n) is 18.8. The van der Waals surface area contributed by atoms with E-state index in [0.29, 0.717) is 37.9 Å². The number of urea groups is 1. The van der Waals surface area contributed by atoms with Crippen LogP contribution in [-0.2, 0) is 9.59 Å². The summed E-state index contributed by atoms with van der Waals surface area (Å²) in [6.45, 7) is 7.44. The first-order chi connectivity index (χ1) is 14.6. The summed E-state index contributed by atoms with van der Waals surface area (Å²) in [7, 11) is 0. The van der Waals surface area contributed by atoms with Crippen molar-refractivity contribution >= 4 is 23.6 Å². The molecule has 3 fully saturated rings. The molecule has 1 saturated heterocycles. The summed E-state index contributed by atoms with van der Waals surface area (Å²) >= 11 is 0. The first-order valence-electron chi connectivity index (χ1n) is 11.5. The van der Waals surface area contributed by atoms with Crippen LogP contribution in [0.5, 0.6) is 0 Å². The Bertz CT molecular complexity index is 868. The topological polar surface area (TPSA) is 77.9 Å². The van der Waals surface area contributed by atoms with E-state index in [1.54, 1.807) is 12.1 Å². The van der Waals surface area contributed by atoms with Gasteiger partial charge in [-0.05, 0) is 61.5 Å². The van der Waals surface area contributed by atoms with Crippen molar-refractivity contribution < 1.29 is 19.5 Å². The molecule has 0 spiro atoms. The minimum Gasteiger partial charge on any atom is -0.481 e. The molecular formula is C25H34N2O4. The maximum absolute atomic E-state index is 13.9. The predicted octanol–water partition coefficient (Wildman–Crippen LogP) is 4.93. The summed E-state index contributed by atoms with van der Waals surface area (Å²) < 4.78 is 0. The van der Waals surface area contributed by atoms with Gasteiger partial charge in [-0.2, -0.15) is 0 Å². The highest BCUT2D eigenvalue weighted by Gasteiger charge is 2.52. The SMILES string of the molecule is CC1(C)CC2CC(C)(CN2C(=O)N(C(=O)C2CCCC(C(=O)O)C2)c2ccccc2)C1. The van der Waals surface area contributed by atoms with Crippen molar-refractivity contribution in [3.05, 3.63) is 30.3 Å². The van der Waals surface area contributed by atoms with Crippen molar-refractivity contribution in [2.24, 2.45) is 22.7 Å². The van der Waals surface area contributed by atoms with Crippen LogP contribution in [0.3, 0.4) is 0 Å². The second-order valence-electron chi connectivity index (χ2n) is 11.0. The average Bonchev–Trinajstić information content (AvgIpc) is 2.97. The van der Waals surface area contributed by atoms with Crippen LogP contribution < -0.4 is 4.90 Å². The summed E-state index contributed by atoms with van der Waals surface area (Å²) in [5, 5.41) is 9.46. The van der Waals surface area contributed by atoms with Crippen LogP contribution in [0.4, 0.5) is 10.5 Å². The lowest BCUT2D eigenvalue weighted by molar-refractivity contribution is -0.143. The number of para-hydroxylation sites is 1. The molecule has 0 radical (unpaired) electrons. The van der Waals surface area contributed by atoms with Gasteiger partial charge in [-0.1, -0.05) is 45.4 Å². The molecule has 4 rings (SSSR count). The molecule has 2 saturated carbocycles. The molecule has 6 nitrogen and oxygen atoms in total. The minimum absolute atomic E-state index is 0.0761. The number of carbonyl (C=O) groups is 3. The van der Waals surface area contributed by atoms with E-state index in [4.69, 9.17) is 0 Å². The summed E-state index contributed by atoms with van der Waals surface area (Å²) in [4.78, 5) is 42.3. The Morgan fingerprint density at radius 3 is 2.39 bits per heavy atom. The number of amides is 3. The van der Waals surface area contributed by atoms with E-state index in [9.17, 15) is 19.5 Å². The van der Waals surface area contributed by atoms with Gasteiger partial charge in [0.05, 0.1) is 11.6 Å². The smallest absolute Gasteiger partial charge is 0.331 e. The molecule has 1 aliphatic heterocycles. The van der Waals surface area contributed by atoms with E-state index in [1.807, 2.05) is 23.1 Å². The number of aliphatic carboxylic acids is 1. The molecule has 0 aromatic heterocycles. The molecule has 6 heteroatoms. The molecule has 3 amide bonds. The third-order valence-corrected chi connectivity index (χ3v) is 7.46. The molecule has 2 bridgehead atoms. The summed E-state index contributed by atoms with van der Waals surface area (Å²) in [6, 6.07) is 9.00. The minimum atomic E-state index is -0.849. The highest BCUT2D eigenvalue weighted by molar-refractivity contribution is 6.15. The Balaban J connectivity index is 1.63. The number of anilines is 1. The molecule has 2 aliphatic carbocycles. The summed E-state index contributed by atoms with van der Waals surface area (Å²) in [6.07, 6.45) is 5.22. The van der Waals surface area contributed by atoms with Crippen LogP contribution in [0.15, 0.2) is 30.3 Å². The van der Waals surface area contributed by atoms with Gasteiger partial charge in [-0.3, -0.25) is 9.59 Å². The normalized spacial score (nSPS) is 31.8. The lowest BCUT2D eigenvalue weighted by Crippen LogP contribution is -2.51. The van der Waals surface area contributed by atoms with Crippen LogP contribution in [0.2, 0.25) is 0 Å². The molecule has 4 atom stereocenters. The van der Waals surface area contributed by atoms with E-state index in [-0.39, 0.29) is 28.8 Å². The summed E-state index contributed by atoms with van der Waals surface area (Å²) in [5.74, 6) is -2.05. The second kappa shape index (κ2) is 7.95. The first kappa shape index (κ1) is 21.8. The van der Waals surface area contributed by atoms with Crippen molar-refractivity contribution in [2.75, 3.05) is 11.4 Å². The van der Waals surface area contributed by atoms with E-state index < -0.39 is 17.8 Å². The van der Waals surface area contributed by atoms with Gasteiger partial charge in [-0.25, -0.2) is 9.69 Å². The van der Waals surface area contributed by atoms with Gasteiger partial charge in [0.2, 0.25) is 5.91 Å². The van der Waals surface area contributed by atoms with Crippen LogP contribution in [0.1, 0.15) is 65.7 Å². The van der Waals surface area contributed by atoms with E-state index in [0.717, 1.165) is 19.3 Å². The standard InChI is InChI=1S/C25H34N2O4/c1-24(2)13-20-14-25(3,15-24)16-26(20)23(31)27(19-10-5-4-6-11-19)21(28)17-8-7-9-18(12-17)22(29)30/h4-6,10-11,17-18,20H,7-9,12-16H2,1-3H3,(H,29,30). The van der Waals surface area contributed by atoms with Crippen LogP contribution >= 0.6 is 0 Å². The van der Waals surface area contributed by atoms with Crippen LogP contribution in [-0.4, -0.2) is 40.5 Å². The van der Waals surface area contributed by atoms with Crippen molar-refractivity contribution in [1.82, 2.24) is 4.90 Å². The fraction of sp³-hybridized carbons (Fsp3) is 0.640. The Morgan fingerprint density at radius 2 is 1.71 bits per heavy atom. The second-order valence-corrected chi connectivity index (χ2v) is 11.0. The number of rotatable bonds is 3. The third-order valence-electron chi connectivity index (χ3n) is 7.46. The van der Waals surface area contributed by atoms with E-state index in [2.05, 4.69) is 20.8 Å². The molecule has 1 N–H and O–H groups in total. The number of nitrogens with zero attached hydrogens (tertiary/aromatic N) is 2. The lowest BCUT2D eigenvalue weighted by Gasteiger charge is -2.39. The number of hydrogen-bond acceptors (Lipinski definition) is 3. The Morgan fingerprint density at radius 1 is 1.03 bits per heavy atom. The number of hydrogen-bond donors (Lipinski definition) is 1. The molecule has 3 aliphatic rings. The van der Waals surface area contributed by atoms with E-state index in [1.165, 1.54) is 4.90 Å². The van der Waals surface area contributed by atoms with Gasteiger partial charge in [0.25, 0.3) is 0 Å². The predicted molar refractivity (Wildman–Crippen MR) is 119 cm³/mol. The maximum atomic E-state index is 13.9. The van der Waals surface area contributed by atoms with Gasteiger partial charge < -0.3 is 10.0 Å². The quantitative estimate of drug-likeness (QED) is 0.743. The van der Waals surface area contributed by atoms with Gasteiger partial charge in [0, 0.05) is 18.5 Å². The largest absolute Gasteiger partial charge is 0.481 e. The third kappa shape index (κ3) is 4.35. The monoisotopic (exact) mass is 426 g/mol. The maximum Gasteiger partial charge on any atom is 0.331 e. The Labute approximate surface area is 184 Å². The van der Waals surface area contributed by atoms with Crippen molar-refractivity contribution in [2.45, 2.75) is 71.8 Å². The van der Waals surface area contributed by atoms with Gasteiger partial charge in [0.1, 0.15) is 0 Å². The van der Waals surface area contributed by atoms with Crippen LogP contribution in [0.25, 0.3) is 0 Å². The lowest BCUT2D eigenvalue weighted by atomic mass is 9.65. The molecule has 4 unspecified atom stereocenters. The van der Waals surface area contributed by atoms with Crippen molar-refractivity contribution in [3.63, 3.8) is 0 Å². The molecule has 31 heavy (non-hydrogen) atoms. The first-order valence-corrected chi connectivity index (χ1v) is 11.5. The zero-order chi connectivity index (χ0) is 22.4. The average molecular weight is 427 g/mol. The molecular weight excluding hydrogens is 392 g/mol. The van der Waals surface area contributed by atoms with E-state index >= 15 is 0 Å². The number of likely N-dealkylation sites (tertiary alicyclic amines) is 1. The molecule has 1 heterocycles. The van der Waals surface area contributed by atoms with Crippen molar-refractivity contribution in [1.29, 1.82) is 0 Å². The van der Waals surface area contributed by atoms with Gasteiger partial charge >= 0.3 is 12.0 Å². The van der Waals surface area contributed by atoms with Gasteiger partial charge in [0.15, 0.2) is 0 Å². The van der Waals surface area contributed by atoms with Gasteiger partial charge in [-0.15, -0.1) is 0 Å². The number of carboxylic acids is 1. The highest BCUT2D eigenvalue weighted by atomic mass is 16.4. The summed E-state index contributed by atoms with van der Waals surface area (Å²) in [5.41, 5.74) is 0.819. The fourth-order valence-corrected chi connectivity index (χ4v) is 6.54. The van der Waals surface area contributed by atoms with Crippen molar-refractivity contribution in [3.8, 4) is 0 Å². The number of carbonyl (C=O) groups excluding carboxylic acids is 2. The fourth-order valence-electron chi connectivity index (χ4n) is 6.54. The Kier molecular flexibility index (Phi) is 5.61. The Hall–Kier alpha value is -2.37. The number of carboxylic acid groups (broad SMARTS) is 1. The molecule has 168 valence electrons. The number of fused-ring (bicyclic) bond motifs is 2. The number of imide groups is 1. The molecule has 1 aromatic rings. The number of benzene rings is 1. The molecule has 1 aromatic carbocycles.